The van der Waals surface area contributed by atoms with Gasteiger partial charge in [-0.3, -0.25) is 10.1 Å². The van der Waals surface area contributed by atoms with Gasteiger partial charge in [0.2, 0.25) is 0 Å². The summed E-state index contributed by atoms with van der Waals surface area (Å²) in [6.45, 7) is 12.9. The first kappa shape index (κ1) is 33.7. The number of azo groups is 1. The summed E-state index contributed by atoms with van der Waals surface area (Å²) in [6.07, 6.45) is 13.4. The zero-order valence-electron chi connectivity index (χ0n) is 26.0. The van der Waals surface area contributed by atoms with E-state index in [-0.39, 0.29) is 10.6 Å². The summed E-state index contributed by atoms with van der Waals surface area (Å²) in [5, 5.41) is 19.2. The fourth-order valence-electron chi connectivity index (χ4n) is 4.65. The van der Waals surface area contributed by atoms with Crippen molar-refractivity contribution in [2.75, 3.05) is 6.61 Å². The Hall–Kier alpha value is -3.54. The molecule has 0 N–H and O–H groups in total. The summed E-state index contributed by atoms with van der Waals surface area (Å²) in [5.41, 5.74) is 7.24. The monoisotopic (exact) mass is 559 g/mol. The van der Waals surface area contributed by atoms with Gasteiger partial charge < -0.3 is 4.74 Å². The van der Waals surface area contributed by atoms with Gasteiger partial charge in [-0.1, -0.05) is 94.0 Å². The molecule has 6 nitrogen and oxygen atoms in total. The Kier molecular flexibility index (Phi) is 15.4. The minimum atomic E-state index is -0.366. The second kappa shape index (κ2) is 18.7. The van der Waals surface area contributed by atoms with E-state index in [1.165, 1.54) is 69.4 Å². The Balaban J connectivity index is 0.000000446. The average molecular weight is 560 g/mol. The molecular formula is C35H49N3O3. The van der Waals surface area contributed by atoms with E-state index in [1.807, 2.05) is 25.1 Å². The van der Waals surface area contributed by atoms with Gasteiger partial charge in [-0.15, -0.1) is 0 Å². The number of rotatable bonds is 15. The molecule has 0 bridgehead atoms. The number of nitro groups is 1. The van der Waals surface area contributed by atoms with Crippen molar-refractivity contribution in [3.63, 3.8) is 0 Å². The molecule has 0 saturated heterocycles. The average Bonchev–Trinajstić information content (AvgIpc) is 2.92. The van der Waals surface area contributed by atoms with Crippen LogP contribution in [0.25, 0.3) is 0 Å². The molecule has 0 amide bonds. The van der Waals surface area contributed by atoms with Gasteiger partial charge in [0.15, 0.2) is 0 Å². The topological polar surface area (TPSA) is 77.1 Å². The van der Waals surface area contributed by atoms with Gasteiger partial charge in [-0.2, -0.15) is 10.2 Å². The quantitative estimate of drug-likeness (QED) is 0.0804. The van der Waals surface area contributed by atoms with Crippen molar-refractivity contribution in [2.45, 2.75) is 106 Å². The van der Waals surface area contributed by atoms with Crippen LogP contribution in [-0.2, 0) is 0 Å². The number of hydrogen-bond donors (Lipinski definition) is 0. The highest BCUT2D eigenvalue weighted by Gasteiger charge is 2.08. The van der Waals surface area contributed by atoms with Crippen LogP contribution >= 0.6 is 0 Å². The Morgan fingerprint density at radius 2 is 1.12 bits per heavy atom. The summed E-state index contributed by atoms with van der Waals surface area (Å²) < 4.78 is 5.94. The second-order valence-electron chi connectivity index (χ2n) is 11.0. The maximum atomic E-state index is 10.3. The highest BCUT2D eigenvalue weighted by Crippen LogP contribution is 2.27. The molecule has 222 valence electrons. The lowest BCUT2D eigenvalue weighted by Gasteiger charge is -2.08. The molecule has 3 aromatic carbocycles. The zero-order chi connectivity index (χ0) is 30.0. The first-order chi connectivity index (χ1) is 19.7. The number of aryl methyl sites for hydroxylation is 5. The third kappa shape index (κ3) is 13.1. The van der Waals surface area contributed by atoms with Gasteiger partial charge in [0.1, 0.15) is 5.75 Å². The fraction of sp³-hybridized carbons (Fsp3) is 0.486. The third-order valence-corrected chi connectivity index (χ3v) is 7.10. The van der Waals surface area contributed by atoms with E-state index < -0.39 is 0 Å². The molecule has 41 heavy (non-hydrogen) atoms. The van der Waals surface area contributed by atoms with Crippen LogP contribution in [-0.4, -0.2) is 11.5 Å². The number of benzene rings is 3. The van der Waals surface area contributed by atoms with Gasteiger partial charge in [-0.25, -0.2) is 0 Å². The molecule has 0 aliphatic carbocycles. The van der Waals surface area contributed by atoms with Gasteiger partial charge in [-0.05, 0) is 82.5 Å². The summed E-state index contributed by atoms with van der Waals surface area (Å²) in [6, 6.07) is 17.4. The van der Waals surface area contributed by atoms with Crippen LogP contribution in [0.4, 0.5) is 17.1 Å². The Morgan fingerprint density at radius 3 is 1.63 bits per heavy atom. The molecule has 0 radical (unpaired) electrons. The first-order valence-corrected chi connectivity index (χ1v) is 15.1. The number of ether oxygens (including phenoxy) is 1. The summed E-state index contributed by atoms with van der Waals surface area (Å²) in [5.74, 6) is 0.925. The second-order valence-corrected chi connectivity index (χ2v) is 11.0. The zero-order valence-corrected chi connectivity index (χ0v) is 26.0. The molecule has 0 fully saturated rings. The normalized spacial score (nSPS) is 10.9. The largest absolute Gasteiger partial charge is 0.494 e. The van der Waals surface area contributed by atoms with E-state index in [2.05, 4.69) is 56.1 Å². The SMILES string of the molecule is CCCCCCCCCCCCOc1ccc(N=Nc2ccc(C)cc2C)c(C)c1.Cc1ccc([N+](=O)[O-])c(C)c1. The predicted molar refractivity (Wildman–Crippen MR) is 171 cm³/mol. The van der Waals surface area contributed by atoms with E-state index in [0.29, 0.717) is 0 Å². The lowest BCUT2D eigenvalue weighted by molar-refractivity contribution is -0.385. The van der Waals surface area contributed by atoms with E-state index in [9.17, 15) is 10.1 Å². The molecule has 0 atom stereocenters. The van der Waals surface area contributed by atoms with Crippen molar-refractivity contribution >= 4 is 17.1 Å². The van der Waals surface area contributed by atoms with Crippen LogP contribution in [0.3, 0.4) is 0 Å². The molecule has 0 heterocycles. The van der Waals surface area contributed by atoms with Gasteiger partial charge >= 0.3 is 0 Å². The summed E-state index contributed by atoms with van der Waals surface area (Å²) >= 11 is 0. The Morgan fingerprint density at radius 1 is 0.634 bits per heavy atom. The number of hydrogen-bond acceptors (Lipinski definition) is 5. The van der Waals surface area contributed by atoms with Crippen molar-refractivity contribution < 1.29 is 9.66 Å². The lowest BCUT2D eigenvalue weighted by Crippen LogP contribution is -1.97. The maximum absolute atomic E-state index is 10.3. The molecule has 6 heteroatoms. The van der Waals surface area contributed by atoms with Crippen LogP contribution in [0, 0.1) is 44.7 Å². The van der Waals surface area contributed by atoms with Crippen molar-refractivity contribution in [3.8, 4) is 5.75 Å². The van der Waals surface area contributed by atoms with E-state index in [4.69, 9.17) is 4.74 Å². The smallest absolute Gasteiger partial charge is 0.272 e. The van der Waals surface area contributed by atoms with Crippen molar-refractivity contribution in [1.29, 1.82) is 0 Å². The highest BCUT2D eigenvalue weighted by molar-refractivity contribution is 5.51. The minimum Gasteiger partial charge on any atom is -0.494 e. The molecule has 0 aromatic heterocycles. The number of nitrogens with zero attached hydrogens (tertiary/aromatic N) is 3. The highest BCUT2D eigenvalue weighted by atomic mass is 16.6. The molecule has 0 saturated carbocycles. The standard InChI is InChI=1S/C27H40N2O.C8H9NO2/c1-5-6-7-8-9-10-11-12-13-14-19-30-25-16-18-27(24(4)21-25)29-28-26-17-15-22(2)20-23(26)3;1-6-3-4-8(9(10)11)7(2)5-6/h15-18,20-21H,5-14,19H2,1-4H3;3-5H,1-2H3. The first-order valence-electron chi connectivity index (χ1n) is 15.1. The Labute approximate surface area is 247 Å². The molecule has 0 aliphatic rings. The van der Waals surface area contributed by atoms with E-state index in [0.717, 1.165) is 52.4 Å². The fourth-order valence-corrected chi connectivity index (χ4v) is 4.65. The predicted octanol–water partition coefficient (Wildman–Crippen LogP) is 11.5. The molecule has 0 aliphatic heterocycles. The van der Waals surface area contributed by atoms with Crippen molar-refractivity contribution in [1.82, 2.24) is 0 Å². The number of unbranched alkanes of at least 4 members (excludes halogenated alkanes) is 9. The summed E-state index contributed by atoms with van der Waals surface area (Å²) in [7, 11) is 0. The molecule has 3 rings (SSSR count). The van der Waals surface area contributed by atoms with Crippen molar-refractivity contribution in [3.05, 3.63) is 92.5 Å². The van der Waals surface area contributed by atoms with Gasteiger partial charge in [0.25, 0.3) is 5.69 Å². The maximum Gasteiger partial charge on any atom is 0.272 e. The molecule has 0 spiro atoms. The van der Waals surface area contributed by atoms with Gasteiger partial charge in [0.05, 0.1) is 22.9 Å². The van der Waals surface area contributed by atoms with Crippen LogP contribution in [0.15, 0.2) is 64.8 Å². The summed E-state index contributed by atoms with van der Waals surface area (Å²) in [4.78, 5) is 9.97. The van der Waals surface area contributed by atoms with Crippen LogP contribution < -0.4 is 4.74 Å². The van der Waals surface area contributed by atoms with Gasteiger partial charge in [0, 0.05) is 11.6 Å². The van der Waals surface area contributed by atoms with E-state index >= 15 is 0 Å². The van der Waals surface area contributed by atoms with Crippen molar-refractivity contribution in [2.24, 2.45) is 10.2 Å². The number of nitro benzene ring substituents is 1. The molecular weight excluding hydrogens is 510 g/mol. The Bertz CT molecular complexity index is 1250. The lowest BCUT2D eigenvalue weighted by atomic mass is 10.1. The molecule has 3 aromatic rings. The van der Waals surface area contributed by atoms with Crippen LogP contribution in [0.5, 0.6) is 5.75 Å². The molecule has 0 unspecified atom stereocenters. The minimum absolute atomic E-state index is 0.190. The third-order valence-electron chi connectivity index (χ3n) is 7.10. The van der Waals surface area contributed by atoms with Crippen LogP contribution in [0.1, 0.15) is 98.9 Å². The van der Waals surface area contributed by atoms with E-state index in [1.54, 1.807) is 19.1 Å². The van der Waals surface area contributed by atoms with Crippen LogP contribution in [0.2, 0.25) is 0 Å².